The third-order valence-electron chi connectivity index (χ3n) is 2.88. The van der Waals surface area contributed by atoms with Gasteiger partial charge in [0.15, 0.2) is 0 Å². The van der Waals surface area contributed by atoms with E-state index in [9.17, 15) is 4.79 Å². The Morgan fingerprint density at radius 3 is 2.60 bits per heavy atom. The van der Waals surface area contributed by atoms with Crippen molar-refractivity contribution in [1.29, 1.82) is 0 Å². The number of esters is 1. The van der Waals surface area contributed by atoms with Gasteiger partial charge >= 0.3 is 5.97 Å². The molecule has 4 heteroatoms. The van der Waals surface area contributed by atoms with Crippen molar-refractivity contribution in [3.8, 4) is 0 Å². The average Bonchev–Trinajstić information content (AvgIpc) is 2.29. The first-order valence-electron chi connectivity index (χ1n) is 5.65. The third-order valence-corrected chi connectivity index (χ3v) is 2.88. The van der Waals surface area contributed by atoms with E-state index in [0.717, 1.165) is 45.7 Å². The Bertz CT molecular complexity index is 188. The van der Waals surface area contributed by atoms with Crippen LogP contribution in [-0.2, 0) is 14.3 Å². The zero-order chi connectivity index (χ0) is 11.1. The SMILES string of the molecule is CCOCCN1CCC(C(=O)OC)CC1. The second kappa shape index (κ2) is 6.80. The predicted molar refractivity (Wildman–Crippen MR) is 57.7 cm³/mol. The highest BCUT2D eigenvalue weighted by Crippen LogP contribution is 2.17. The van der Waals surface area contributed by atoms with Gasteiger partial charge in [-0.15, -0.1) is 0 Å². The van der Waals surface area contributed by atoms with Crippen molar-refractivity contribution in [3.63, 3.8) is 0 Å². The first-order chi connectivity index (χ1) is 7.27. The summed E-state index contributed by atoms with van der Waals surface area (Å²) < 4.78 is 10.0. The van der Waals surface area contributed by atoms with Crippen LogP contribution in [0.2, 0.25) is 0 Å². The highest BCUT2D eigenvalue weighted by atomic mass is 16.5. The highest BCUT2D eigenvalue weighted by molar-refractivity contribution is 5.72. The van der Waals surface area contributed by atoms with Crippen LogP contribution in [0.5, 0.6) is 0 Å². The molecule has 0 spiro atoms. The quantitative estimate of drug-likeness (QED) is 0.505. The van der Waals surface area contributed by atoms with E-state index in [-0.39, 0.29) is 11.9 Å². The molecule has 15 heavy (non-hydrogen) atoms. The van der Waals surface area contributed by atoms with E-state index >= 15 is 0 Å². The van der Waals surface area contributed by atoms with Crippen molar-refractivity contribution >= 4 is 5.97 Å². The number of piperidine rings is 1. The smallest absolute Gasteiger partial charge is 0.308 e. The molecule has 4 nitrogen and oxygen atoms in total. The molecule has 1 aliphatic heterocycles. The molecule has 1 heterocycles. The molecule has 0 amide bonds. The van der Waals surface area contributed by atoms with E-state index in [1.807, 2.05) is 6.92 Å². The van der Waals surface area contributed by atoms with Crippen molar-refractivity contribution in [2.75, 3.05) is 40.0 Å². The monoisotopic (exact) mass is 215 g/mol. The highest BCUT2D eigenvalue weighted by Gasteiger charge is 2.24. The molecular weight excluding hydrogens is 194 g/mol. The molecule has 0 aromatic carbocycles. The van der Waals surface area contributed by atoms with Crippen LogP contribution < -0.4 is 0 Å². The second-order valence-electron chi connectivity index (χ2n) is 3.84. The van der Waals surface area contributed by atoms with Crippen molar-refractivity contribution in [2.45, 2.75) is 19.8 Å². The van der Waals surface area contributed by atoms with E-state index in [0.29, 0.717) is 0 Å². The van der Waals surface area contributed by atoms with E-state index in [4.69, 9.17) is 9.47 Å². The van der Waals surface area contributed by atoms with Crippen LogP contribution in [0, 0.1) is 5.92 Å². The number of hydrogen-bond acceptors (Lipinski definition) is 4. The normalized spacial score (nSPS) is 19.1. The number of hydrogen-bond donors (Lipinski definition) is 0. The molecule has 1 rings (SSSR count). The fourth-order valence-corrected chi connectivity index (χ4v) is 1.90. The molecule has 0 aromatic rings. The van der Waals surface area contributed by atoms with Crippen LogP contribution in [-0.4, -0.2) is 50.8 Å². The maximum Gasteiger partial charge on any atom is 0.308 e. The molecule has 1 fully saturated rings. The summed E-state index contributed by atoms with van der Waals surface area (Å²) in [5, 5.41) is 0. The van der Waals surface area contributed by atoms with Crippen LogP contribution in [0.1, 0.15) is 19.8 Å². The molecule has 0 radical (unpaired) electrons. The minimum Gasteiger partial charge on any atom is -0.469 e. The Morgan fingerprint density at radius 2 is 2.07 bits per heavy atom. The Morgan fingerprint density at radius 1 is 1.40 bits per heavy atom. The van der Waals surface area contributed by atoms with Crippen molar-refractivity contribution < 1.29 is 14.3 Å². The van der Waals surface area contributed by atoms with E-state index in [1.165, 1.54) is 7.11 Å². The zero-order valence-corrected chi connectivity index (χ0v) is 9.70. The molecule has 0 aliphatic carbocycles. The summed E-state index contributed by atoms with van der Waals surface area (Å²) >= 11 is 0. The lowest BCUT2D eigenvalue weighted by Crippen LogP contribution is -2.38. The molecule has 0 atom stereocenters. The van der Waals surface area contributed by atoms with Gasteiger partial charge in [0.1, 0.15) is 0 Å². The standard InChI is InChI=1S/C11H21NO3/c1-3-15-9-8-12-6-4-10(5-7-12)11(13)14-2/h10H,3-9H2,1-2H3. The van der Waals surface area contributed by atoms with Crippen LogP contribution in [0.4, 0.5) is 0 Å². The summed E-state index contributed by atoms with van der Waals surface area (Å²) in [5.74, 6) is 0.0535. The van der Waals surface area contributed by atoms with Gasteiger partial charge in [-0.3, -0.25) is 4.79 Å². The van der Waals surface area contributed by atoms with E-state index in [2.05, 4.69) is 4.90 Å². The molecule has 0 N–H and O–H groups in total. The van der Waals surface area contributed by atoms with Crippen molar-refractivity contribution in [2.24, 2.45) is 5.92 Å². The van der Waals surface area contributed by atoms with Gasteiger partial charge in [0.25, 0.3) is 0 Å². The Balaban J connectivity index is 2.15. The topological polar surface area (TPSA) is 38.8 Å². The molecule has 0 saturated carbocycles. The van der Waals surface area contributed by atoms with Crippen LogP contribution in [0.15, 0.2) is 0 Å². The first kappa shape index (κ1) is 12.5. The number of carbonyl (C=O) groups is 1. The maximum absolute atomic E-state index is 11.3. The Kier molecular flexibility index (Phi) is 5.65. The van der Waals surface area contributed by atoms with Gasteiger partial charge in [-0.1, -0.05) is 0 Å². The Hall–Kier alpha value is -0.610. The molecule has 1 saturated heterocycles. The van der Waals surface area contributed by atoms with Gasteiger partial charge < -0.3 is 14.4 Å². The van der Waals surface area contributed by atoms with Gasteiger partial charge in [0.2, 0.25) is 0 Å². The maximum atomic E-state index is 11.3. The summed E-state index contributed by atoms with van der Waals surface area (Å²) in [5.41, 5.74) is 0. The van der Waals surface area contributed by atoms with Gasteiger partial charge in [0, 0.05) is 13.2 Å². The molecule has 0 unspecified atom stereocenters. The summed E-state index contributed by atoms with van der Waals surface area (Å²) in [4.78, 5) is 13.6. The summed E-state index contributed by atoms with van der Waals surface area (Å²) in [6.07, 6.45) is 1.83. The summed E-state index contributed by atoms with van der Waals surface area (Å²) in [6, 6.07) is 0. The lowest BCUT2D eigenvalue weighted by Gasteiger charge is -2.30. The van der Waals surface area contributed by atoms with Crippen LogP contribution in [0.3, 0.4) is 0 Å². The van der Waals surface area contributed by atoms with Gasteiger partial charge in [-0.25, -0.2) is 0 Å². The predicted octanol–water partition coefficient (Wildman–Crippen LogP) is 0.908. The molecule has 88 valence electrons. The van der Waals surface area contributed by atoms with Gasteiger partial charge in [0.05, 0.1) is 19.6 Å². The molecule has 0 aromatic heterocycles. The minimum atomic E-state index is -0.0561. The number of ether oxygens (including phenoxy) is 2. The lowest BCUT2D eigenvalue weighted by molar-refractivity contribution is -0.147. The van der Waals surface area contributed by atoms with E-state index < -0.39 is 0 Å². The van der Waals surface area contributed by atoms with Crippen LogP contribution in [0.25, 0.3) is 0 Å². The lowest BCUT2D eigenvalue weighted by atomic mass is 9.97. The number of methoxy groups -OCH3 is 1. The van der Waals surface area contributed by atoms with Gasteiger partial charge in [-0.05, 0) is 32.9 Å². The third kappa shape index (κ3) is 4.18. The molecule has 1 aliphatic rings. The number of rotatable bonds is 5. The summed E-state index contributed by atoms with van der Waals surface area (Å²) in [7, 11) is 1.46. The zero-order valence-electron chi connectivity index (χ0n) is 9.70. The fraction of sp³-hybridized carbons (Fsp3) is 0.909. The largest absolute Gasteiger partial charge is 0.469 e. The van der Waals surface area contributed by atoms with Gasteiger partial charge in [-0.2, -0.15) is 0 Å². The number of nitrogens with zero attached hydrogens (tertiary/aromatic N) is 1. The second-order valence-corrected chi connectivity index (χ2v) is 3.84. The average molecular weight is 215 g/mol. The molecular formula is C11H21NO3. The minimum absolute atomic E-state index is 0.0561. The van der Waals surface area contributed by atoms with Crippen LogP contribution >= 0.6 is 0 Å². The van der Waals surface area contributed by atoms with Crippen molar-refractivity contribution in [3.05, 3.63) is 0 Å². The van der Waals surface area contributed by atoms with E-state index in [1.54, 1.807) is 0 Å². The van der Waals surface area contributed by atoms with Crippen molar-refractivity contribution in [1.82, 2.24) is 4.90 Å². The summed E-state index contributed by atoms with van der Waals surface area (Å²) in [6.45, 7) is 6.50. The molecule has 0 bridgehead atoms. The first-order valence-corrected chi connectivity index (χ1v) is 5.65. The number of likely N-dealkylation sites (tertiary alicyclic amines) is 1. The fourth-order valence-electron chi connectivity index (χ4n) is 1.90. The Labute approximate surface area is 91.5 Å². The number of carbonyl (C=O) groups excluding carboxylic acids is 1.